The molecule has 0 radical (unpaired) electrons. The van der Waals surface area contributed by atoms with Crippen LogP contribution in [0.1, 0.15) is 18.4 Å². The third kappa shape index (κ3) is 2.86. The Kier molecular flexibility index (Phi) is 3.93. The number of carbonyl (C=O) groups excluding carboxylic acids is 1. The highest BCUT2D eigenvalue weighted by Crippen LogP contribution is 2.21. The van der Waals surface area contributed by atoms with Gasteiger partial charge in [-0.05, 0) is 43.5 Å². The number of anilines is 1. The van der Waals surface area contributed by atoms with E-state index in [9.17, 15) is 9.18 Å². The number of nitrogens with one attached hydrogen (secondary N) is 1. The molecule has 0 bridgehead atoms. The fourth-order valence-electron chi connectivity index (χ4n) is 2.02. The molecule has 1 aliphatic heterocycles. The molecule has 0 saturated carbocycles. The third-order valence-electron chi connectivity index (χ3n) is 3.09. The number of halogens is 1. The van der Waals surface area contributed by atoms with Crippen molar-refractivity contribution in [2.75, 3.05) is 11.9 Å². The van der Waals surface area contributed by atoms with Crippen molar-refractivity contribution in [3.8, 4) is 0 Å². The van der Waals surface area contributed by atoms with E-state index >= 15 is 0 Å². The van der Waals surface area contributed by atoms with Gasteiger partial charge in [-0.3, -0.25) is 4.79 Å². The zero-order valence-electron chi connectivity index (χ0n) is 10.3. The number of hydrogen-bond acceptors (Lipinski definition) is 3. The Hall–Kier alpha value is -1.46. The number of aryl methyl sites for hydroxylation is 1. The van der Waals surface area contributed by atoms with Crippen LogP contribution in [0.15, 0.2) is 18.2 Å². The van der Waals surface area contributed by atoms with E-state index < -0.39 is 6.10 Å². The van der Waals surface area contributed by atoms with Crippen LogP contribution < -0.4 is 11.1 Å². The molecule has 98 valence electrons. The fourth-order valence-corrected chi connectivity index (χ4v) is 2.02. The van der Waals surface area contributed by atoms with Gasteiger partial charge in [-0.25, -0.2) is 4.39 Å². The smallest absolute Gasteiger partial charge is 0.253 e. The molecule has 1 saturated heterocycles. The first-order valence-electron chi connectivity index (χ1n) is 6.02. The Bertz CT molecular complexity index is 451. The van der Waals surface area contributed by atoms with E-state index in [1.807, 2.05) is 0 Å². The van der Waals surface area contributed by atoms with Crippen LogP contribution in [0.3, 0.4) is 0 Å². The molecule has 1 amide bonds. The largest absolute Gasteiger partial charge is 0.364 e. The Morgan fingerprint density at radius 2 is 2.33 bits per heavy atom. The van der Waals surface area contributed by atoms with Gasteiger partial charge in [-0.1, -0.05) is 0 Å². The summed E-state index contributed by atoms with van der Waals surface area (Å²) in [5.74, 6) is -0.481. The highest BCUT2D eigenvalue weighted by atomic mass is 19.1. The van der Waals surface area contributed by atoms with Crippen molar-refractivity contribution in [3.05, 3.63) is 29.6 Å². The van der Waals surface area contributed by atoms with E-state index in [0.717, 1.165) is 6.42 Å². The number of rotatable bonds is 3. The van der Waals surface area contributed by atoms with Crippen LogP contribution in [0.2, 0.25) is 0 Å². The van der Waals surface area contributed by atoms with Gasteiger partial charge in [0.25, 0.3) is 5.91 Å². The number of carbonyl (C=O) groups is 1. The maximum absolute atomic E-state index is 13.1. The first kappa shape index (κ1) is 13.0. The van der Waals surface area contributed by atoms with Crippen LogP contribution in [0.5, 0.6) is 0 Å². The van der Waals surface area contributed by atoms with Gasteiger partial charge >= 0.3 is 0 Å². The molecule has 1 aliphatic rings. The summed E-state index contributed by atoms with van der Waals surface area (Å²) in [5.41, 5.74) is 6.57. The maximum atomic E-state index is 13.1. The molecule has 0 aromatic heterocycles. The van der Waals surface area contributed by atoms with Crippen molar-refractivity contribution < 1.29 is 13.9 Å². The summed E-state index contributed by atoms with van der Waals surface area (Å²) in [5, 5.41) is 2.73. The summed E-state index contributed by atoms with van der Waals surface area (Å²) >= 11 is 0. The number of amides is 1. The zero-order chi connectivity index (χ0) is 13.1. The lowest BCUT2D eigenvalue weighted by molar-refractivity contribution is -0.126. The van der Waals surface area contributed by atoms with Crippen LogP contribution in [0.4, 0.5) is 10.1 Å². The molecule has 2 rings (SSSR count). The Morgan fingerprint density at radius 3 is 2.94 bits per heavy atom. The summed E-state index contributed by atoms with van der Waals surface area (Å²) in [6.45, 7) is 2.08. The number of benzene rings is 1. The summed E-state index contributed by atoms with van der Waals surface area (Å²) in [4.78, 5) is 11.9. The summed E-state index contributed by atoms with van der Waals surface area (Å²) in [6.07, 6.45) is 0.991. The second kappa shape index (κ2) is 5.46. The first-order chi connectivity index (χ1) is 8.60. The van der Waals surface area contributed by atoms with E-state index in [2.05, 4.69) is 5.32 Å². The minimum Gasteiger partial charge on any atom is -0.364 e. The topological polar surface area (TPSA) is 64.4 Å². The van der Waals surface area contributed by atoms with Crippen molar-refractivity contribution >= 4 is 11.6 Å². The lowest BCUT2D eigenvalue weighted by Gasteiger charge is -2.13. The van der Waals surface area contributed by atoms with Crippen molar-refractivity contribution in [2.24, 2.45) is 5.73 Å². The van der Waals surface area contributed by atoms with Gasteiger partial charge < -0.3 is 15.8 Å². The van der Waals surface area contributed by atoms with Crippen LogP contribution >= 0.6 is 0 Å². The van der Waals surface area contributed by atoms with E-state index in [4.69, 9.17) is 10.5 Å². The predicted octanol–water partition coefficient (Wildman–Crippen LogP) is 1.58. The van der Waals surface area contributed by atoms with Gasteiger partial charge in [-0.2, -0.15) is 0 Å². The number of nitrogens with two attached hydrogens (primary N) is 1. The molecule has 2 atom stereocenters. The monoisotopic (exact) mass is 252 g/mol. The lowest BCUT2D eigenvalue weighted by atomic mass is 10.1. The Balaban J connectivity index is 1.97. The van der Waals surface area contributed by atoms with Gasteiger partial charge in [0.2, 0.25) is 0 Å². The third-order valence-corrected chi connectivity index (χ3v) is 3.09. The van der Waals surface area contributed by atoms with E-state index in [-0.39, 0.29) is 17.8 Å². The average Bonchev–Trinajstić information content (AvgIpc) is 2.82. The quantitative estimate of drug-likeness (QED) is 0.858. The normalized spacial score (nSPS) is 23.1. The van der Waals surface area contributed by atoms with E-state index in [1.54, 1.807) is 13.0 Å². The standard InChI is InChI=1S/C13H17FN2O2/c1-8-6-9(2-4-11(8)14)16-13(17)12-5-3-10(7-15)18-12/h2,4,6,10,12H,3,5,7,15H2,1H3,(H,16,17)/t10-,12+/m1/s1. The summed E-state index contributed by atoms with van der Waals surface area (Å²) in [6, 6.07) is 4.47. The van der Waals surface area contributed by atoms with Gasteiger partial charge in [0.15, 0.2) is 0 Å². The molecule has 0 spiro atoms. The molecule has 18 heavy (non-hydrogen) atoms. The molecule has 0 unspecified atom stereocenters. The number of ether oxygens (including phenoxy) is 1. The van der Waals surface area contributed by atoms with Gasteiger partial charge in [0.1, 0.15) is 11.9 Å². The lowest BCUT2D eigenvalue weighted by Crippen LogP contribution is -2.29. The zero-order valence-corrected chi connectivity index (χ0v) is 10.3. The van der Waals surface area contributed by atoms with Gasteiger partial charge in [0, 0.05) is 12.2 Å². The van der Waals surface area contributed by atoms with Gasteiger partial charge in [0.05, 0.1) is 6.10 Å². The van der Waals surface area contributed by atoms with E-state index in [1.165, 1.54) is 12.1 Å². The van der Waals surface area contributed by atoms with Gasteiger partial charge in [-0.15, -0.1) is 0 Å². The van der Waals surface area contributed by atoms with E-state index in [0.29, 0.717) is 24.2 Å². The minimum absolute atomic E-state index is 0.0318. The molecule has 4 nitrogen and oxygen atoms in total. The van der Waals surface area contributed by atoms with Crippen LogP contribution in [-0.4, -0.2) is 24.7 Å². The summed E-state index contributed by atoms with van der Waals surface area (Å²) in [7, 11) is 0. The molecular formula is C13H17FN2O2. The molecule has 0 aliphatic carbocycles. The predicted molar refractivity (Wildman–Crippen MR) is 66.7 cm³/mol. The highest BCUT2D eigenvalue weighted by Gasteiger charge is 2.29. The number of hydrogen-bond donors (Lipinski definition) is 2. The molecular weight excluding hydrogens is 235 g/mol. The second-order valence-corrected chi connectivity index (χ2v) is 4.51. The minimum atomic E-state index is -0.455. The molecule has 1 fully saturated rings. The average molecular weight is 252 g/mol. The van der Waals surface area contributed by atoms with Crippen LogP contribution in [0, 0.1) is 12.7 Å². The van der Waals surface area contributed by atoms with Crippen LogP contribution in [0.25, 0.3) is 0 Å². The fraction of sp³-hybridized carbons (Fsp3) is 0.462. The van der Waals surface area contributed by atoms with Crippen LogP contribution in [-0.2, 0) is 9.53 Å². The molecule has 1 heterocycles. The molecule has 5 heteroatoms. The van der Waals surface area contributed by atoms with Crippen molar-refractivity contribution in [1.82, 2.24) is 0 Å². The molecule has 1 aromatic carbocycles. The SMILES string of the molecule is Cc1cc(NC(=O)[C@@H]2CC[C@H](CN)O2)ccc1F. The van der Waals surface area contributed by atoms with Crippen molar-refractivity contribution in [2.45, 2.75) is 32.0 Å². The first-order valence-corrected chi connectivity index (χ1v) is 6.02. The Labute approximate surface area is 105 Å². The van der Waals surface area contributed by atoms with Crippen molar-refractivity contribution in [1.29, 1.82) is 0 Å². The molecule has 1 aromatic rings. The highest BCUT2D eigenvalue weighted by molar-refractivity contribution is 5.94. The maximum Gasteiger partial charge on any atom is 0.253 e. The Morgan fingerprint density at radius 1 is 1.56 bits per heavy atom. The second-order valence-electron chi connectivity index (χ2n) is 4.51. The summed E-state index contributed by atoms with van der Waals surface area (Å²) < 4.78 is 18.6. The van der Waals surface area contributed by atoms with Crippen molar-refractivity contribution in [3.63, 3.8) is 0 Å². The molecule has 3 N–H and O–H groups in total.